The van der Waals surface area contributed by atoms with Gasteiger partial charge in [0.15, 0.2) is 0 Å². The zero-order valence-corrected chi connectivity index (χ0v) is 11.5. The Balaban J connectivity index is 2.35. The van der Waals surface area contributed by atoms with Gasteiger partial charge in [-0.05, 0) is 0 Å². The highest BCUT2D eigenvalue weighted by Gasteiger charge is 2.52. The maximum absolute atomic E-state index is 13.1. The van der Waals surface area contributed by atoms with E-state index >= 15 is 0 Å². The molecule has 0 bridgehead atoms. The lowest BCUT2D eigenvalue weighted by Gasteiger charge is -2.20. The van der Waals surface area contributed by atoms with Crippen molar-refractivity contribution in [2.75, 3.05) is 12.8 Å². The number of rotatable bonds is 3. The van der Waals surface area contributed by atoms with E-state index in [4.69, 9.17) is 4.74 Å². The highest BCUT2D eigenvalue weighted by Crippen LogP contribution is 2.57. The summed E-state index contributed by atoms with van der Waals surface area (Å²) in [6.45, 7) is 0.845. The van der Waals surface area contributed by atoms with E-state index in [1.807, 2.05) is 0 Å². The second kappa shape index (κ2) is 5.45. The molecule has 1 aliphatic heterocycles. The molecule has 1 aromatic rings. The van der Waals surface area contributed by atoms with Crippen molar-refractivity contribution in [1.29, 1.82) is 0 Å². The van der Waals surface area contributed by atoms with Crippen molar-refractivity contribution in [3.05, 3.63) is 30.3 Å². The molecule has 2 N–H and O–H groups in total. The van der Waals surface area contributed by atoms with E-state index in [1.54, 1.807) is 30.3 Å². The van der Waals surface area contributed by atoms with Crippen molar-refractivity contribution in [3.8, 4) is 0 Å². The third kappa shape index (κ3) is 2.59. The van der Waals surface area contributed by atoms with E-state index < -0.39 is 37.6 Å². The van der Waals surface area contributed by atoms with Crippen LogP contribution in [0.15, 0.2) is 30.3 Å². The maximum Gasteiger partial charge on any atom is 0.303 e. The Kier molecular flexibility index (Phi) is 4.09. The second-order valence-corrected chi connectivity index (χ2v) is 7.84. The van der Waals surface area contributed by atoms with Crippen molar-refractivity contribution < 1.29 is 24.3 Å². The Morgan fingerprint density at radius 2 is 2.05 bits per heavy atom. The first-order valence-electron chi connectivity index (χ1n) is 6.09. The lowest BCUT2D eigenvalue weighted by Crippen LogP contribution is -2.35. The Bertz CT molecular complexity index is 501. The van der Waals surface area contributed by atoms with Gasteiger partial charge in [-0.25, -0.2) is 0 Å². The number of benzene rings is 1. The summed E-state index contributed by atoms with van der Waals surface area (Å²) in [5.41, 5.74) is -0.778. The van der Waals surface area contributed by atoms with Crippen LogP contribution in [0, 0.1) is 0 Å². The molecule has 0 spiro atoms. The van der Waals surface area contributed by atoms with Gasteiger partial charge >= 0.3 is 5.97 Å². The minimum atomic E-state index is -2.98. The summed E-state index contributed by atoms with van der Waals surface area (Å²) in [4.78, 5) is 11.0. The van der Waals surface area contributed by atoms with Gasteiger partial charge in [0.25, 0.3) is 0 Å². The van der Waals surface area contributed by atoms with Gasteiger partial charge in [-0.1, -0.05) is 30.3 Å². The molecule has 0 amide bonds. The van der Waals surface area contributed by atoms with Gasteiger partial charge in [-0.3, -0.25) is 4.79 Å². The van der Waals surface area contributed by atoms with Crippen LogP contribution in [0.5, 0.6) is 0 Å². The first-order valence-corrected chi connectivity index (χ1v) is 8.05. The summed E-state index contributed by atoms with van der Waals surface area (Å²) in [5, 5.41) is 20.1. The summed E-state index contributed by atoms with van der Waals surface area (Å²) in [6.07, 6.45) is -1.84. The van der Waals surface area contributed by atoms with Gasteiger partial charge in [-0.2, -0.15) is 0 Å². The quantitative estimate of drug-likeness (QED) is 0.618. The maximum atomic E-state index is 13.1. The molecule has 1 heterocycles. The number of ether oxygens (including phenoxy) is 1. The average molecular weight is 284 g/mol. The predicted octanol–water partition coefficient (Wildman–Crippen LogP) is 0.342. The number of hydrogen-bond donors (Lipinski definition) is 2. The SMILES string of the molecule is CC(=O)OC1CP(=O)(c2ccccc2)C(CO)C1O. The number of carbonyl (C=O) groups excluding carboxylic acids is 1. The van der Waals surface area contributed by atoms with Gasteiger partial charge in [0.2, 0.25) is 0 Å². The summed E-state index contributed by atoms with van der Waals surface area (Å²) in [7, 11) is -2.98. The molecule has 4 unspecified atom stereocenters. The van der Waals surface area contributed by atoms with Crippen LogP contribution in [0.2, 0.25) is 0 Å². The van der Waals surface area contributed by atoms with E-state index in [2.05, 4.69) is 0 Å². The number of hydrogen-bond acceptors (Lipinski definition) is 5. The second-order valence-electron chi connectivity index (χ2n) is 4.70. The van der Waals surface area contributed by atoms with E-state index in [0.717, 1.165) is 0 Å². The summed E-state index contributed by atoms with van der Waals surface area (Å²) in [6, 6.07) is 8.75. The largest absolute Gasteiger partial charge is 0.459 e. The number of esters is 1. The lowest BCUT2D eigenvalue weighted by molar-refractivity contribution is -0.150. The minimum absolute atomic E-state index is 0.0724. The van der Waals surface area contributed by atoms with Crippen molar-refractivity contribution >= 4 is 18.4 Å². The molecule has 1 aromatic carbocycles. The Labute approximate surface area is 111 Å². The molecule has 1 aliphatic rings. The molecule has 1 fully saturated rings. The Morgan fingerprint density at radius 1 is 1.42 bits per heavy atom. The average Bonchev–Trinajstić information content (AvgIpc) is 2.62. The zero-order chi connectivity index (χ0) is 14.0. The van der Waals surface area contributed by atoms with Crippen LogP contribution in [-0.4, -0.2) is 46.8 Å². The van der Waals surface area contributed by atoms with Crippen LogP contribution in [-0.2, 0) is 14.1 Å². The third-order valence-corrected chi connectivity index (χ3v) is 7.07. The van der Waals surface area contributed by atoms with Crippen molar-refractivity contribution in [1.82, 2.24) is 0 Å². The predicted molar refractivity (Wildman–Crippen MR) is 71.0 cm³/mol. The van der Waals surface area contributed by atoms with Crippen LogP contribution in [0.25, 0.3) is 0 Å². The van der Waals surface area contributed by atoms with Gasteiger partial charge < -0.3 is 19.5 Å². The molecular formula is C13H17O5P. The molecule has 2 rings (SSSR count). The molecule has 1 saturated heterocycles. The van der Waals surface area contributed by atoms with Crippen LogP contribution < -0.4 is 5.30 Å². The molecule has 4 atom stereocenters. The molecule has 104 valence electrons. The van der Waals surface area contributed by atoms with Crippen LogP contribution in [0.4, 0.5) is 0 Å². The molecule has 5 nitrogen and oxygen atoms in total. The monoisotopic (exact) mass is 284 g/mol. The fourth-order valence-corrected chi connectivity index (χ4v) is 5.86. The zero-order valence-electron chi connectivity index (χ0n) is 10.6. The molecular weight excluding hydrogens is 267 g/mol. The van der Waals surface area contributed by atoms with Gasteiger partial charge in [-0.15, -0.1) is 0 Å². The molecule has 0 saturated carbocycles. The van der Waals surface area contributed by atoms with Crippen LogP contribution in [0.1, 0.15) is 6.92 Å². The standard InChI is InChI=1S/C13H17O5P/c1-9(15)18-11-8-19(17,12(7-14)13(11)16)10-5-3-2-4-6-10/h2-6,11-14,16H,7-8H2,1H3. The normalized spacial score (nSPS) is 34.2. The van der Waals surface area contributed by atoms with Crippen molar-refractivity contribution in [2.24, 2.45) is 0 Å². The first kappa shape index (κ1) is 14.3. The topological polar surface area (TPSA) is 83.8 Å². The fourth-order valence-electron chi connectivity index (χ4n) is 2.54. The van der Waals surface area contributed by atoms with Crippen molar-refractivity contribution in [2.45, 2.75) is 24.8 Å². The molecule has 6 heteroatoms. The van der Waals surface area contributed by atoms with Crippen LogP contribution >= 0.6 is 7.14 Å². The molecule has 0 radical (unpaired) electrons. The fraction of sp³-hybridized carbons (Fsp3) is 0.462. The van der Waals surface area contributed by atoms with Gasteiger partial charge in [0.1, 0.15) is 19.3 Å². The summed E-state index contributed by atoms with van der Waals surface area (Å²) >= 11 is 0. The van der Waals surface area contributed by atoms with E-state index in [0.29, 0.717) is 5.30 Å². The first-order chi connectivity index (χ1) is 8.99. The Morgan fingerprint density at radius 3 is 2.58 bits per heavy atom. The minimum Gasteiger partial charge on any atom is -0.459 e. The van der Waals surface area contributed by atoms with Crippen molar-refractivity contribution in [3.63, 3.8) is 0 Å². The third-order valence-electron chi connectivity index (χ3n) is 3.46. The number of aliphatic hydroxyl groups is 2. The smallest absolute Gasteiger partial charge is 0.303 e. The lowest BCUT2D eigenvalue weighted by atomic mass is 10.2. The summed E-state index contributed by atoms with van der Waals surface area (Å²) in [5.74, 6) is -0.526. The van der Waals surface area contributed by atoms with E-state index in [-0.39, 0.29) is 6.16 Å². The summed E-state index contributed by atoms with van der Waals surface area (Å²) < 4.78 is 18.1. The molecule has 0 aromatic heterocycles. The van der Waals surface area contributed by atoms with E-state index in [1.165, 1.54) is 6.92 Å². The Hall–Kier alpha value is -1.16. The molecule has 0 aliphatic carbocycles. The van der Waals surface area contributed by atoms with Gasteiger partial charge in [0, 0.05) is 18.4 Å². The highest BCUT2D eigenvalue weighted by atomic mass is 31.2. The van der Waals surface area contributed by atoms with Crippen LogP contribution in [0.3, 0.4) is 0 Å². The molecule has 19 heavy (non-hydrogen) atoms. The highest BCUT2D eigenvalue weighted by molar-refractivity contribution is 7.72. The number of carbonyl (C=O) groups is 1. The van der Waals surface area contributed by atoms with Gasteiger partial charge in [0.05, 0.1) is 12.3 Å². The number of aliphatic hydroxyl groups excluding tert-OH is 2. The van der Waals surface area contributed by atoms with E-state index in [9.17, 15) is 19.6 Å².